The second-order valence-corrected chi connectivity index (χ2v) is 6.92. The van der Waals surface area contributed by atoms with Crippen LogP contribution in [0.1, 0.15) is 11.7 Å². The molecule has 1 aliphatic rings. The van der Waals surface area contributed by atoms with Crippen molar-refractivity contribution in [2.24, 2.45) is 0 Å². The molecule has 3 N–H and O–H groups in total. The fourth-order valence-electron chi connectivity index (χ4n) is 3.91. The molecule has 1 aliphatic heterocycles. The third-order valence-corrected chi connectivity index (χ3v) is 5.36. The second kappa shape index (κ2) is 7.40. The van der Waals surface area contributed by atoms with Crippen LogP contribution in [-0.2, 0) is 0 Å². The maximum atomic E-state index is 10.8. The average Bonchev–Trinajstić information content (AvgIpc) is 3.13. The molecule has 0 spiro atoms. The lowest BCUT2D eigenvalue weighted by atomic mass is 10.1. The number of para-hydroxylation sites is 3. The van der Waals surface area contributed by atoms with Crippen LogP contribution in [0.15, 0.2) is 54.7 Å². The molecule has 1 aromatic heterocycles. The van der Waals surface area contributed by atoms with Gasteiger partial charge in [-0.2, -0.15) is 0 Å². The van der Waals surface area contributed by atoms with Gasteiger partial charge in [-0.3, -0.25) is 0 Å². The highest BCUT2D eigenvalue weighted by Gasteiger charge is 2.25. The summed E-state index contributed by atoms with van der Waals surface area (Å²) < 4.78 is 5.49. The van der Waals surface area contributed by atoms with E-state index in [0.717, 1.165) is 60.6 Å². The van der Waals surface area contributed by atoms with Gasteiger partial charge in [0.2, 0.25) is 0 Å². The lowest BCUT2D eigenvalue weighted by molar-refractivity contribution is -0.904. The molecular weight excluding hydrogens is 326 g/mol. The van der Waals surface area contributed by atoms with E-state index < -0.39 is 6.10 Å². The summed E-state index contributed by atoms with van der Waals surface area (Å²) in [5.41, 5.74) is 3.24. The van der Waals surface area contributed by atoms with Crippen molar-refractivity contribution in [2.45, 2.75) is 6.10 Å². The van der Waals surface area contributed by atoms with E-state index in [4.69, 9.17) is 4.74 Å². The Morgan fingerprint density at radius 3 is 2.65 bits per heavy atom. The molecule has 5 heteroatoms. The normalized spacial score (nSPS) is 16.8. The number of nitrogens with one attached hydrogen (secondary N) is 2. The lowest BCUT2D eigenvalue weighted by Gasteiger charge is -2.35. The number of hydrogen-bond donors (Lipinski definition) is 3. The van der Waals surface area contributed by atoms with Gasteiger partial charge in [-0.05, 0) is 18.2 Å². The molecular formula is C21H26N3O2+. The number of rotatable bonds is 5. The number of quaternary nitrogens is 1. The predicted octanol–water partition coefficient (Wildman–Crippen LogP) is 1.61. The molecule has 0 bridgehead atoms. The maximum Gasteiger partial charge on any atom is 0.142 e. The molecule has 3 aromatic rings. The Labute approximate surface area is 153 Å². The molecule has 4 rings (SSSR count). The van der Waals surface area contributed by atoms with Gasteiger partial charge in [0.25, 0.3) is 0 Å². The molecule has 5 nitrogen and oxygen atoms in total. The Morgan fingerprint density at radius 2 is 1.85 bits per heavy atom. The minimum Gasteiger partial charge on any atom is -0.495 e. The number of aromatic nitrogens is 1. The molecule has 2 heterocycles. The van der Waals surface area contributed by atoms with Crippen molar-refractivity contribution in [1.82, 2.24) is 4.98 Å². The van der Waals surface area contributed by atoms with E-state index in [2.05, 4.69) is 28.1 Å². The van der Waals surface area contributed by atoms with Gasteiger partial charge in [0.05, 0.1) is 39.0 Å². The van der Waals surface area contributed by atoms with Crippen LogP contribution >= 0.6 is 0 Å². The van der Waals surface area contributed by atoms with Crippen molar-refractivity contribution in [3.63, 3.8) is 0 Å². The van der Waals surface area contributed by atoms with Gasteiger partial charge in [0.1, 0.15) is 18.4 Å². The average molecular weight is 352 g/mol. The Kier molecular flexibility index (Phi) is 4.82. The Bertz CT molecular complexity index is 868. The quantitative estimate of drug-likeness (QED) is 0.654. The molecule has 0 saturated carbocycles. The number of methoxy groups -OCH3 is 1. The Morgan fingerprint density at radius 1 is 1.12 bits per heavy atom. The van der Waals surface area contributed by atoms with Crippen molar-refractivity contribution in [3.8, 4) is 5.75 Å². The SMILES string of the molecule is COc1ccccc1N1CC[NH+](C[C@@H](O)c2c[nH]c3ccccc23)CC1. The number of benzene rings is 2. The minimum absolute atomic E-state index is 0.445. The van der Waals surface area contributed by atoms with Crippen molar-refractivity contribution in [2.75, 3.05) is 44.7 Å². The number of H-pyrrole nitrogens is 1. The van der Waals surface area contributed by atoms with Crippen LogP contribution in [-0.4, -0.2) is 49.9 Å². The van der Waals surface area contributed by atoms with E-state index in [1.807, 2.05) is 36.5 Å². The molecule has 0 amide bonds. The van der Waals surface area contributed by atoms with E-state index >= 15 is 0 Å². The number of nitrogens with zero attached hydrogens (tertiary/aromatic N) is 1. The van der Waals surface area contributed by atoms with E-state index in [9.17, 15) is 5.11 Å². The zero-order valence-electron chi connectivity index (χ0n) is 15.1. The number of hydrogen-bond acceptors (Lipinski definition) is 3. The topological polar surface area (TPSA) is 52.9 Å². The van der Waals surface area contributed by atoms with E-state index in [-0.39, 0.29) is 0 Å². The van der Waals surface area contributed by atoms with Crippen LogP contribution in [0.5, 0.6) is 5.75 Å². The van der Waals surface area contributed by atoms with Crippen LogP contribution in [0.4, 0.5) is 5.69 Å². The molecule has 0 unspecified atom stereocenters. The molecule has 1 fully saturated rings. The Hall–Kier alpha value is -2.50. The minimum atomic E-state index is -0.445. The van der Waals surface area contributed by atoms with Gasteiger partial charge in [0, 0.05) is 22.7 Å². The second-order valence-electron chi connectivity index (χ2n) is 6.92. The number of fused-ring (bicyclic) bond motifs is 1. The van der Waals surface area contributed by atoms with Crippen LogP contribution in [0.3, 0.4) is 0 Å². The summed E-state index contributed by atoms with van der Waals surface area (Å²) in [6.45, 7) is 4.70. The zero-order valence-corrected chi connectivity index (χ0v) is 15.1. The number of aliphatic hydroxyl groups is 1. The highest BCUT2D eigenvalue weighted by molar-refractivity contribution is 5.83. The summed E-state index contributed by atoms with van der Waals surface area (Å²) in [5.74, 6) is 0.926. The molecule has 136 valence electrons. The summed E-state index contributed by atoms with van der Waals surface area (Å²) in [6, 6.07) is 16.3. The fourth-order valence-corrected chi connectivity index (χ4v) is 3.91. The largest absolute Gasteiger partial charge is 0.495 e. The first-order valence-electron chi connectivity index (χ1n) is 9.22. The molecule has 0 radical (unpaired) electrons. The molecule has 26 heavy (non-hydrogen) atoms. The number of ether oxygens (including phenoxy) is 1. The third kappa shape index (κ3) is 3.28. The first-order valence-corrected chi connectivity index (χ1v) is 9.22. The molecule has 1 atom stereocenters. The van der Waals surface area contributed by atoms with Crippen LogP contribution < -0.4 is 14.5 Å². The van der Waals surface area contributed by atoms with Crippen LogP contribution in [0.25, 0.3) is 10.9 Å². The summed E-state index contributed by atoms with van der Waals surface area (Å²) >= 11 is 0. The summed E-state index contributed by atoms with van der Waals surface area (Å²) in [6.07, 6.45) is 1.50. The first kappa shape index (κ1) is 16.9. The van der Waals surface area contributed by atoms with E-state index in [0.29, 0.717) is 0 Å². The zero-order chi connectivity index (χ0) is 17.9. The van der Waals surface area contributed by atoms with Gasteiger partial charge >= 0.3 is 0 Å². The smallest absolute Gasteiger partial charge is 0.142 e. The van der Waals surface area contributed by atoms with E-state index in [1.54, 1.807) is 7.11 Å². The number of aliphatic hydroxyl groups excluding tert-OH is 1. The highest BCUT2D eigenvalue weighted by Crippen LogP contribution is 2.27. The summed E-state index contributed by atoms with van der Waals surface area (Å²) in [4.78, 5) is 7.07. The predicted molar refractivity (Wildman–Crippen MR) is 104 cm³/mol. The third-order valence-electron chi connectivity index (χ3n) is 5.36. The number of piperazine rings is 1. The molecule has 2 aromatic carbocycles. The van der Waals surface area contributed by atoms with Gasteiger partial charge in [-0.15, -0.1) is 0 Å². The van der Waals surface area contributed by atoms with Gasteiger partial charge in [-0.25, -0.2) is 0 Å². The standard InChI is InChI=1S/C21H25N3O2/c1-26-21-9-5-4-8-19(21)24-12-10-23(11-13-24)15-20(25)17-14-22-18-7-3-2-6-16(17)18/h2-9,14,20,22,25H,10-13,15H2,1H3/p+1/t20-/m1/s1. The Balaban J connectivity index is 1.39. The van der Waals surface area contributed by atoms with Crippen molar-refractivity contribution < 1.29 is 14.7 Å². The van der Waals surface area contributed by atoms with Gasteiger partial charge in [-0.1, -0.05) is 30.3 Å². The number of aromatic amines is 1. The first-order chi connectivity index (χ1) is 12.8. The monoisotopic (exact) mass is 352 g/mol. The van der Waals surface area contributed by atoms with Crippen molar-refractivity contribution in [3.05, 3.63) is 60.3 Å². The summed E-state index contributed by atoms with van der Waals surface area (Å²) in [7, 11) is 1.72. The fraction of sp³-hybridized carbons (Fsp3) is 0.333. The van der Waals surface area contributed by atoms with Crippen LogP contribution in [0, 0.1) is 0 Å². The van der Waals surface area contributed by atoms with Crippen molar-refractivity contribution in [1.29, 1.82) is 0 Å². The van der Waals surface area contributed by atoms with Crippen LogP contribution in [0.2, 0.25) is 0 Å². The van der Waals surface area contributed by atoms with E-state index in [1.165, 1.54) is 4.90 Å². The highest BCUT2D eigenvalue weighted by atomic mass is 16.5. The van der Waals surface area contributed by atoms with Gasteiger partial charge in [0.15, 0.2) is 0 Å². The summed E-state index contributed by atoms with van der Waals surface area (Å²) in [5, 5.41) is 11.9. The molecule has 1 saturated heterocycles. The van der Waals surface area contributed by atoms with Crippen molar-refractivity contribution >= 4 is 16.6 Å². The van der Waals surface area contributed by atoms with Gasteiger partial charge < -0.3 is 24.6 Å². The molecule has 0 aliphatic carbocycles. The maximum absolute atomic E-state index is 10.8. The number of anilines is 1. The lowest BCUT2D eigenvalue weighted by Crippen LogP contribution is -3.15.